The summed E-state index contributed by atoms with van der Waals surface area (Å²) in [6.45, 7) is 16.6. The van der Waals surface area contributed by atoms with Crippen LogP contribution in [0.4, 0.5) is 0 Å². The zero-order valence-corrected chi connectivity index (χ0v) is 12.1. The molecule has 0 fully saturated rings. The van der Waals surface area contributed by atoms with Crippen LogP contribution < -0.4 is 5.32 Å². The molecule has 0 heterocycles. The predicted molar refractivity (Wildman–Crippen MR) is 69.9 cm³/mol. The molecule has 0 bridgehead atoms. The second kappa shape index (κ2) is 6.62. The highest BCUT2D eigenvalue weighted by Crippen LogP contribution is 2.36. The van der Waals surface area contributed by atoms with Gasteiger partial charge in [-0.3, -0.25) is 0 Å². The Hall–Kier alpha value is 0.177. The van der Waals surface area contributed by atoms with Crippen LogP contribution in [0, 0.1) is 0 Å². The molecule has 1 N–H and O–H groups in total. The van der Waals surface area contributed by atoms with E-state index < -0.39 is 8.80 Å². The third-order valence-electron chi connectivity index (χ3n) is 3.04. The Kier molecular flexibility index (Phi) is 6.71. The van der Waals surface area contributed by atoms with E-state index in [-0.39, 0.29) is 0 Å². The first-order valence-electron chi connectivity index (χ1n) is 6.10. The van der Waals surface area contributed by atoms with Gasteiger partial charge in [0.2, 0.25) is 0 Å². The Morgan fingerprint density at radius 1 is 1.21 bits per heavy atom. The zero-order valence-electron chi connectivity index (χ0n) is 11.0. The van der Waals surface area contributed by atoms with Crippen LogP contribution in [-0.4, -0.2) is 21.9 Å². The van der Waals surface area contributed by atoms with Gasteiger partial charge in [-0.1, -0.05) is 53.1 Å². The summed E-state index contributed by atoms with van der Waals surface area (Å²) in [4.78, 5) is 0. The average Bonchev–Trinajstić information content (AvgIpc) is 2.01. The molecule has 1 nitrogen and oxygen atoms in total. The summed E-state index contributed by atoms with van der Waals surface area (Å²) >= 11 is 0. The minimum absolute atomic E-state index is 0.578. The fourth-order valence-electron chi connectivity index (χ4n) is 2.39. The van der Waals surface area contributed by atoms with Gasteiger partial charge in [0, 0.05) is 8.80 Å². The molecule has 0 radical (unpaired) electrons. The topological polar surface area (TPSA) is 12.0 Å². The average molecular weight is 215 g/mol. The summed E-state index contributed by atoms with van der Waals surface area (Å²) in [5.41, 5.74) is 0.941. The van der Waals surface area contributed by atoms with E-state index in [1.54, 1.807) is 0 Å². The minimum Gasteiger partial charge on any atom is -0.317 e. The van der Waals surface area contributed by atoms with Gasteiger partial charge in [0.05, 0.1) is 0 Å². The van der Waals surface area contributed by atoms with Gasteiger partial charge in [-0.25, -0.2) is 0 Å². The Balaban J connectivity index is 3.87. The van der Waals surface area contributed by atoms with Crippen molar-refractivity contribution in [2.45, 2.75) is 64.6 Å². The standard InChI is InChI=1S/C12H29NSi/c1-7-13-9-8-10-14(11(2)3)12(4,5)6/h11,13-14H,7-10H2,1-6H3. The smallest absolute Gasteiger partial charge is 0.0448 e. The lowest BCUT2D eigenvalue weighted by Crippen LogP contribution is -2.29. The Bertz CT molecular complexity index is 138. The van der Waals surface area contributed by atoms with Crippen LogP contribution in [0.3, 0.4) is 0 Å². The highest BCUT2D eigenvalue weighted by atomic mass is 28.3. The molecule has 0 aliphatic carbocycles. The normalized spacial score (nSPS) is 14.8. The van der Waals surface area contributed by atoms with Crippen molar-refractivity contribution in [2.24, 2.45) is 0 Å². The Morgan fingerprint density at radius 2 is 1.79 bits per heavy atom. The third kappa shape index (κ3) is 5.81. The van der Waals surface area contributed by atoms with Crippen molar-refractivity contribution in [2.75, 3.05) is 13.1 Å². The van der Waals surface area contributed by atoms with Gasteiger partial charge in [-0.05, 0) is 24.5 Å². The molecule has 86 valence electrons. The molecular formula is C12H29NSi. The number of hydrogen-bond acceptors (Lipinski definition) is 1. The van der Waals surface area contributed by atoms with Gasteiger partial charge in [0.25, 0.3) is 0 Å². The van der Waals surface area contributed by atoms with Crippen LogP contribution in [0.25, 0.3) is 0 Å². The predicted octanol–water partition coefficient (Wildman–Crippen LogP) is 3.42. The van der Waals surface area contributed by atoms with Crippen molar-refractivity contribution >= 4 is 8.80 Å². The van der Waals surface area contributed by atoms with E-state index in [1.807, 2.05) is 0 Å². The lowest BCUT2D eigenvalue weighted by Gasteiger charge is -2.32. The van der Waals surface area contributed by atoms with E-state index >= 15 is 0 Å². The summed E-state index contributed by atoms with van der Waals surface area (Å²) in [5, 5.41) is 4.01. The maximum absolute atomic E-state index is 3.42. The SMILES string of the molecule is CCNCCC[SiH](C(C)C)C(C)(C)C. The molecule has 14 heavy (non-hydrogen) atoms. The Morgan fingerprint density at radius 3 is 2.14 bits per heavy atom. The second-order valence-corrected chi connectivity index (χ2v) is 10.6. The summed E-state index contributed by atoms with van der Waals surface area (Å²) in [6, 6.07) is 1.49. The zero-order chi connectivity index (χ0) is 11.2. The summed E-state index contributed by atoms with van der Waals surface area (Å²) in [7, 11) is -0.578. The molecule has 0 amide bonds. The number of rotatable bonds is 6. The van der Waals surface area contributed by atoms with Crippen LogP contribution in [0.15, 0.2) is 0 Å². The molecule has 0 aromatic heterocycles. The maximum atomic E-state index is 3.42. The van der Waals surface area contributed by atoms with Crippen LogP contribution in [-0.2, 0) is 0 Å². The van der Waals surface area contributed by atoms with Gasteiger partial charge in [-0.2, -0.15) is 0 Å². The Labute approximate surface area is 92.3 Å². The van der Waals surface area contributed by atoms with Crippen LogP contribution in [0.2, 0.25) is 16.6 Å². The molecule has 0 aromatic rings. The van der Waals surface area contributed by atoms with Crippen LogP contribution in [0.5, 0.6) is 0 Å². The van der Waals surface area contributed by atoms with Crippen molar-refractivity contribution in [1.82, 2.24) is 5.32 Å². The minimum atomic E-state index is -0.578. The quantitative estimate of drug-likeness (QED) is 0.529. The van der Waals surface area contributed by atoms with E-state index in [1.165, 1.54) is 19.0 Å². The van der Waals surface area contributed by atoms with E-state index in [0.717, 1.165) is 12.1 Å². The third-order valence-corrected chi connectivity index (χ3v) is 7.90. The first-order chi connectivity index (χ1) is 6.39. The van der Waals surface area contributed by atoms with Gasteiger partial charge in [0.15, 0.2) is 0 Å². The summed E-state index contributed by atoms with van der Waals surface area (Å²) in [5.74, 6) is 0. The second-order valence-electron chi connectivity index (χ2n) is 5.71. The van der Waals surface area contributed by atoms with Crippen LogP contribution >= 0.6 is 0 Å². The van der Waals surface area contributed by atoms with E-state index in [9.17, 15) is 0 Å². The fraction of sp³-hybridized carbons (Fsp3) is 1.00. The van der Waals surface area contributed by atoms with Gasteiger partial charge in [0.1, 0.15) is 0 Å². The van der Waals surface area contributed by atoms with E-state index in [2.05, 4.69) is 46.9 Å². The molecule has 1 atom stereocenters. The van der Waals surface area contributed by atoms with Crippen molar-refractivity contribution in [3.8, 4) is 0 Å². The van der Waals surface area contributed by atoms with E-state index in [0.29, 0.717) is 5.04 Å². The lowest BCUT2D eigenvalue weighted by molar-refractivity contribution is 0.669. The fourth-order valence-corrected chi connectivity index (χ4v) is 6.57. The first-order valence-corrected chi connectivity index (χ1v) is 8.16. The van der Waals surface area contributed by atoms with Gasteiger partial charge in [-0.15, -0.1) is 0 Å². The summed E-state index contributed by atoms with van der Waals surface area (Å²) in [6.07, 6.45) is 1.38. The summed E-state index contributed by atoms with van der Waals surface area (Å²) < 4.78 is 0. The first kappa shape index (κ1) is 14.2. The van der Waals surface area contributed by atoms with Crippen molar-refractivity contribution < 1.29 is 0 Å². The monoisotopic (exact) mass is 215 g/mol. The molecule has 0 spiro atoms. The van der Waals surface area contributed by atoms with E-state index in [4.69, 9.17) is 0 Å². The maximum Gasteiger partial charge on any atom is 0.0448 e. The number of nitrogens with one attached hydrogen (secondary N) is 1. The molecule has 0 rings (SSSR count). The molecule has 1 unspecified atom stereocenters. The molecule has 0 aliphatic heterocycles. The van der Waals surface area contributed by atoms with Gasteiger partial charge < -0.3 is 5.32 Å². The number of hydrogen-bond donors (Lipinski definition) is 1. The lowest BCUT2D eigenvalue weighted by atomic mass is 10.2. The van der Waals surface area contributed by atoms with Crippen molar-refractivity contribution in [3.63, 3.8) is 0 Å². The molecular weight excluding hydrogens is 186 g/mol. The molecule has 0 aliphatic rings. The highest BCUT2D eigenvalue weighted by molar-refractivity contribution is 6.63. The highest BCUT2D eigenvalue weighted by Gasteiger charge is 2.28. The van der Waals surface area contributed by atoms with Gasteiger partial charge >= 0.3 is 0 Å². The largest absolute Gasteiger partial charge is 0.317 e. The van der Waals surface area contributed by atoms with Crippen LogP contribution in [0.1, 0.15) is 48.0 Å². The molecule has 2 heteroatoms. The van der Waals surface area contributed by atoms with Crippen molar-refractivity contribution in [1.29, 1.82) is 0 Å². The molecule has 0 saturated heterocycles. The molecule has 0 saturated carbocycles. The molecule has 0 aromatic carbocycles. The van der Waals surface area contributed by atoms with Crippen molar-refractivity contribution in [3.05, 3.63) is 0 Å².